The lowest BCUT2D eigenvalue weighted by atomic mass is 9.97. The number of fused-ring (bicyclic) bond motifs is 1. The number of nitrogens with zero attached hydrogens (tertiary/aromatic N) is 1. The van der Waals surface area contributed by atoms with Crippen LogP contribution in [0.15, 0.2) is 41.6 Å². The summed E-state index contributed by atoms with van der Waals surface area (Å²) in [7, 11) is 1.23. The molecule has 0 radical (unpaired) electrons. The molecule has 0 bridgehead atoms. The van der Waals surface area contributed by atoms with Gasteiger partial charge in [0.1, 0.15) is 17.1 Å². The second-order valence-corrected chi connectivity index (χ2v) is 7.58. The Bertz CT molecular complexity index is 920. The average molecular weight is 435 g/mol. The van der Waals surface area contributed by atoms with Gasteiger partial charge in [0, 0.05) is 12.9 Å². The predicted molar refractivity (Wildman–Crippen MR) is 106 cm³/mol. The number of carboxylic acid groups (broad SMARTS) is 1. The summed E-state index contributed by atoms with van der Waals surface area (Å²) in [6, 6.07) is 7.51. The van der Waals surface area contributed by atoms with Crippen molar-refractivity contribution >= 4 is 35.5 Å². The van der Waals surface area contributed by atoms with Crippen LogP contribution in [0.4, 0.5) is 0 Å². The summed E-state index contributed by atoms with van der Waals surface area (Å²) in [6.45, 7) is 1.65. The van der Waals surface area contributed by atoms with Gasteiger partial charge in [-0.3, -0.25) is 14.5 Å². The number of hydrogen-bond acceptors (Lipinski definition) is 8. The Morgan fingerprint density at radius 1 is 1.37 bits per heavy atom. The zero-order chi connectivity index (χ0) is 22.1. The number of nitrogens with one attached hydrogen (secondary N) is 1. The summed E-state index contributed by atoms with van der Waals surface area (Å²) in [5.74, 6) is -3.75. The van der Waals surface area contributed by atoms with Gasteiger partial charge in [-0.25, -0.2) is 9.59 Å². The van der Waals surface area contributed by atoms with Gasteiger partial charge in [-0.2, -0.15) is 0 Å². The lowest BCUT2D eigenvalue weighted by Gasteiger charge is -2.55. The molecule has 3 atom stereocenters. The maximum Gasteiger partial charge on any atom is 0.353 e. The first kappa shape index (κ1) is 21.8. The largest absolute Gasteiger partial charge is 0.477 e. The molecule has 10 nitrogen and oxygen atoms in total. The number of carbonyl (C=O) groups is 4. The molecule has 2 aliphatic rings. The van der Waals surface area contributed by atoms with Crippen LogP contribution in [0.25, 0.3) is 0 Å². The third-order valence-electron chi connectivity index (χ3n) is 4.83. The smallest absolute Gasteiger partial charge is 0.353 e. The zero-order valence-electron chi connectivity index (χ0n) is 16.3. The fourth-order valence-corrected chi connectivity index (χ4v) is 4.75. The molecule has 0 spiro atoms. The van der Waals surface area contributed by atoms with Gasteiger partial charge in [-0.1, -0.05) is 30.3 Å². The number of methoxy groups -OCH3 is 1. The molecular weight excluding hydrogens is 414 g/mol. The Balaban J connectivity index is 1.88. The summed E-state index contributed by atoms with van der Waals surface area (Å²) in [4.78, 5) is 50.5. The molecule has 1 saturated heterocycles. The van der Waals surface area contributed by atoms with Crippen LogP contribution in [-0.4, -0.2) is 64.3 Å². The van der Waals surface area contributed by atoms with Crippen LogP contribution in [0, 0.1) is 0 Å². The van der Waals surface area contributed by atoms with Gasteiger partial charge in [0.2, 0.25) is 5.91 Å². The number of aliphatic carboxylic acids is 1. The third-order valence-corrected chi connectivity index (χ3v) is 6.14. The zero-order valence-corrected chi connectivity index (χ0v) is 17.1. The molecule has 1 aromatic rings. The number of thioether (sulfide) groups is 1. The Kier molecular flexibility index (Phi) is 6.15. The highest BCUT2D eigenvalue weighted by atomic mass is 32.2. The summed E-state index contributed by atoms with van der Waals surface area (Å²) < 4.78 is 10.3. The Hall–Kier alpha value is -2.89. The molecule has 30 heavy (non-hydrogen) atoms. The topological polar surface area (TPSA) is 148 Å². The van der Waals surface area contributed by atoms with Gasteiger partial charge in [0.25, 0.3) is 11.6 Å². The highest BCUT2D eigenvalue weighted by Gasteiger charge is 2.67. The van der Waals surface area contributed by atoms with E-state index < -0.39 is 46.6 Å². The lowest BCUT2D eigenvalue weighted by molar-refractivity contribution is -0.193. The van der Waals surface area contributed by atoms with Crippen LogP contribution in [0.1, 0.15) is 18.5 Å². The summed E-state index contributed by atoms with van der Waals surface area (Å²) in [5.41, 5.74) is 4.14. The second kappa shape index (κ2) is 8.46. The molecule has 0 aromatic heterocycles. The summed E-state index contributed by atoms with van der Waals surface area (Å²) in [6.07, 6.45) is 0. The number of rotatable bonds is 7. The van der Waals surface area contributed by atoms with E-state index in [0.29, 0.717) is 5.56 Å². The van der Waals surface area contributed by atoms with Crippen molar-refractivity contribution in [2.75, 3.05) is 19.5 Å². The Labute approximate surface area is 176 Å². The van der Waals surface area contributed by atoms with Gasteiger partial charge in [0.05, 0.1) is 12.2 Å². The minimum Gasteiger partial charge on any atom is -0.477 e. The van der Waals surface area contributed by atoms with Crippen molar-refractivity contribution in [3.05, 3.63) is 47.2 Å². The van der Waals surface area contributed by atoms with E-state index in [-0.39, 0.29) is 17.9 Å². The first-order valence-electron chi connectivity index (χ1n) is 9.05. The maximum absolute atomic E-state index is 13.0. The van der Waals surface area contributed by atoms with E-state index in [9.17, 15) is 24.3 Å². The first-order chi connectivity index (χ1) is 14.3. The van der Waals surface area contributed by atoms with Crippen LogP contribution in [0.2, 0.25) is 0 Å². The predicted octanol–water partition coefficient (Wildman–Crippen LogP) is -0.0378. The highest BCUT2D eigenvalue weighted by Crippen LogP contribution is 2.46. The molecule has 2 aliphatic heterocycles. The molecule has 0 saturated carbocycles. The molecule has 2 heterocycles. The minimum absolute atomic E-state index is 0.0272. The Morgan fingerprint density at radius 3 is 2.60 bits per heavy atom. The number of β-lactam (4-membered cyclic amide) rings is 1. The number of carboxylic acids is 1. The van der Waals surface area contributed by atoms with Crippen LogP contribution in [0.3, 0.4) is 0 Å². The number of benzene rings is 1. The SMILES string of the molecule is CCOC(=O)C1=C(C(=O)O)N2C(=O)C(NC(=O)C(N)c3ccccc3)(OC)[C@@H]2SC1. The number of amides is 2. The van der Waals surface area contributed by atoms with Gasteiger partial charge in [0.15, 0.2) is 0 Å². The minimum atomic E-state index is -1.80. The van der Waals surface area contributed by atoms with E-state index >= 15 is 0 Å². The van der Waals surface area contributed by atoms with E-state index in [0.717, 1.165) is 16.7 Å². The molecule has 2 amide bonds. The van der Waals surface area contributed by atoms with Gasteiger partial charge in [-0.05, 0) is 12.5 Å². The molecule has 2 unspecified atom stereocenters. The van der Waals surface area contributed by atoms with Gasteiger partial charge in [-0.15, -0.1) is 11.8 Å². The van der Waals surface area contributed by atoms with Gasteiger partial charge >= 0.3 is 11.9 Å². The van der Waals surface area contributed by atoms with Gasteiger partial charge < -0.3 is 25.6 Å². The lowest BCUT2D eigenvalue weighted by Crippen LogP contribution is -2.81. The molecular formula is C19H21N3O7S. The second-order valence-electron chi connectivity index (χ2n) is 6.51. The monoisotopic (exact) mass is 435 g/mol. The molecule has 1 aromatic carbocycles. The van der Waals surface area contributed by atoms with Crippen molar-refractivity contribution in [2.45, 2.75) is 24.1 Å². The van der Waals surface area contributed by atoms with E-state index in [1.165, 1.54) is 7.11 Å². The van der Waals surface area contributed by atoms with Crippen molar-refractivity contribution in [3.8, 4) is 0 Å². The van der Waals surface area contributed by atoms with Crippen LogP contribution in [0.5, 0.6) is 0 Å². The Morgan fingerprint density at radius 2 is 2.03 bits per heavy atom. The molecule has 160 valence electrons. The van der Waals surface area contributed by atoms with Crippen LogP contribution >= 0.6 is 11.8 Å². The highest BCUT2D eigenvalue weighted by molar-refractivity contribution is 8.00. The van der Waals surface area contributed by atoms with Crippen molar-refractivity contribution in [3.63, 3.8) is 0 Å². The standard InChI is InChI=1S/C19H21N3O7S/c1-3-29-16(26)11-9-30-18-19(28-2,17(27)22(18)13(11)15(24)25)21-14(23)12(20)10-7-5-4-6-8-10/h4-8,12,18H,3,9,20H2,1-2H3,(H,21,23)(H,24,25)/t12?,18-,19?/m0/s1. The fraction of sp³-hybridized carbons (Fsp3) is 0.368. The molecule has 1 fully saturated rings. The quantitative estimate of drug-likeness (QED) is 0.305. The number of ether oxygens (including phenoxy) is 2. The summed E-state index contributed by atoms with van der Waals surface area (Å²) >= 11 is 1.08. The van der Waals surface area contributed by atoms with Crippen molar-refractivity contribution in [1.82, 2.24) is 10.2 Å². The maximum atomic E-state index is 13.0. The number of hydrogen-bond donors (Lipinski definition) is 3. The van der Waals surface area contributed by atoms with E-state index in [1.807, 2.05) is 0 Å². The van der Waals surface area contributed by atoms with Crippen molar-refractivity contribution in [1.29, 1.82) is 0 Å². The van der Waals surface area contributed by atoms with E-state index in [1.54, 1.807) is 37.3 Å². The van der Waals surface area contributed by atoms with Crippen molar-refractivity contribution in [2.24, 2.45) is 5.73 Å². The van der Waals surface area contributed by atoms with Crippen LogP contribution in [-0.2, 0) is 28.7 Å². The van der Waals surface area contributed by atoms with E-state index in [2.05, 4.69) is 5.32 Å². The third kappa shape index (κ3) is 3.44. The molecule has 3 rings (SSSR count). The molecule has 4 N–H and O–H groups in total. The molecule has 0 aliphatic carbocycles. The average Bonchev–Trinajstić information content (AvgIpc) is 2.76. The number of carbonyl (C=O) groups excluding carboxylic acids is 3. The number of esters is 1. The summed E-state index contributed by atoms with van der Waals surface area (Å²) in [5, 5.41) is 11.3. The van der Waals surface area contributed by atoms with E-state index in [4.69, 9.17) is 15.2 Å². The number of nitrogens with two attached hydrogens (primary N) is 1. The van der Waals surface area contributed by atoms with Crippen LogP contribution < -0.4 is 11.1 Å². The first-order valence-corrected chi connectivity index (χ1v) is 10.1. The molecule has 11 heteroatoms. The normalized spacial score (nSPS) is 23.9. The fourth-order valence-electron chi connectivity index (χ4n) is 3.33. The van der Waals surface area contributed by atoms with Crippen molar-refractivity contribution < 1.29 is 33.8 Å².